The lowest BCUT2D eigenvalue weighted by Gasteiger charge is -2.31. The van der Waals surface area contributed by atoms with Crippen LogP contribution in [0.2, 0.25) is 0 Å². The van der Waals surface area contributed by atoms with Gasteiger partial charge in [-0.2, -0.15) is 0 Å². The quantitative estimate of drug-likeness (QED) is 0.791. The smallest absolute Gasteiger partial charge is 0.258 e. The molecule has 1 fully saturated rings. The van der Waals surface area contributed by atoms with Crippen LogP contribution >= 0.6 is 0 Å². The molecule has 120 valence electrons. The molecule has 0 spiro atoms. The molecule has 0 radical (unpaired) electrons. The van der Waals surface area contributed by atoms with Gasteiger partial charge in [0.05, 0.1) is 11.8 Å². The number of carbonyl (C=O) groups is 2. The predicted octanol–water partition coefficient (Wildman–Crippen LogP) is 2.33. The van der Waals surface area contributed by atoms with Gasteiger partial charge in [0.1, 0.15) is 6.26 Å². The van der Waals surface area contributed by atoms with E-state index in [1.807, 2.05) is 6.92 Å². The molecule has 1 atom stereocenters. The Morgan fingerprint density at radius 2 is 1.96 bits per heavy atom. The van der Waals surface area contributed by atoms with Crippen molar-refractivity contribution >= 4 is 23.2 Å². The van der Waals surface area contributed by atoms with Gasteiger partial charge in [0.15, 0.2) is 0 Å². The average Bonchev–Trinajstić information content (AvgIpc) is 3.00. The third-order valence-corrected chi connectivity index (χ3v) is 4.11. The van der Waals surface area contributed by atoms with Crippen LogP contribution in [-0.2, 0) is 4.79 Å². The molecule has 1 saturated heterocycles. The van der Waals surface area contributed by atoms with E-state index < -0.39 is 0 Å². The fourth-order valence-electron chi connectivity index (χ4n) is 2.41. The Morgan fingerprint density at radius 3 is 2.57 bits per heavy atom. The molecule has 23 heavy (non-hydrogen) atoms. The Morgan fingerprint density at radius 1 is 1.22 bits per heavy atom. The number of nitrogens with one attached hydrogen (secondary N) is 3. The first-order valence-corrected chi connectivity index (χ1v) is 7.58. The molecule has 6 heteroatoms. The Kier molecular flexibility index (Phi) is 4.43. The molecule has 3 N–H and O–H groups in total. The number of amides is 2. The summed E-state index contributed by atoms with van der Waals surface area (Å²) in [7, 11) is 0. The summed E-state index contributed by atoms with van der Waals surface area (Å²) in [5, 5.41) is 8.84. The summed E-state index contributed by atoms with van der Waals surface area (Å²) in [6.45, 7) is 3.70. The van der Waals surface area contributed by atoms with E-state index in [2.05, 4.69) is 16.0 Å². The van der Waals surface area contributed by atoms with Crippen molar-refractivity contribution in [2.45, 2.75) is 6.92 Å². The zero-order chi connectivity index (χ0) is 16.2. The second-order valence-electron chi connectivity index (χ2n) is 5.74. The largest absolute Gasteiger partial charge is 0.472 e. The Balaban J connectivity index is 1.62. The monoisotopic (exact) mass is 313 g/mol. The highest BCUT2D eigenvalue weighted by atomic mass is 16.3. The van der Waals surface area contributed by atoms with Crippen molar-refractivity contribution in [3.8, 4) is 0 Å². The standard InChI is InChI=1S/C17H19N3O3/c1-11(13-8-18-9-13)16(21)19-14-3-2-4-15(7-14)20-17(22)12-5-6-23-10-12/h2-7,10-11,13,18H,8-9H2,1H3,(H,19,21)(H,20,22). The van der Waals surface area contributed by atoms with Gasteiger partial charge in [-0.05, 0) is 43.3 Å². The first-order valence-electron chi connectivity index (χ1n) is 7.58. The minimum atomic E-state index is -0.254. The van der Waals surface area contributed by atoms with Crippen LogP contribution in [0, 0.1) is 11.8 Å². The van der Waals surface area contributed by atoms with Gasteiger partial charge in [0.2, 0.25) is 5.91 Å². The highest BCUT2D eigenvalue weighted by Crippen LogP contribution is 2.20. The van der Waals surface area contributed by atoms with Crippen LogP contribution in [0.15, 0.2) is 47.3 Å². The third kappa shape index (κ3) is 3.60. The van der Waals surface area contributed by atoms with Gasteiger partial charge in [0, 0.05) is 17.3 Å². The van der Waals surface area contributed by atoms with Crippen LogP contribution < -0.4 is 16.0 Å². The molecule has 3 rings (SSSR count). The molecule has 6 nitrogen and oxygen atoms in total. The molecule has 0 aliphatic carbocycles. The van der Waals surface area contributed by atoms with Gasteiger partial charge >= 0.3 is 0 Å². The van der Waals surface area contributed by atoms with Crippen molar-refractivity contribution in [2.75, 3.05) is 23.7 Å². The Hall–Kier alpha value is -2.60. The number of carbonyl (C=O) groups excluding carboxylic acids is 2. The minimum absolute atomic E-state index is 0.00480. The van der Waals surface area contributed by atoms with Gasteiger partial charge < -0.3 is 20.4 Å². The minimum Gasteiger partial charge on any atom is -0.472 e. The maximum Gasteiger partial charge on any atom is 0.258 e. The van der Waals surface area contributed by atoms with Crippen LogP contribution in [0.1, 0.15) is 17.3 Å². The van der Waals surface area contributed by atoms with Crippen molar-refractivity contribution in [1.29, 1.82) is 0 Å². The summed E-state index contributed by atoms with van der Waals surface area (Å²) >= 11 is 0. The van der Waals surface area contributed by atoms with E-state index in [1.54, 1.807) is 30.3 Å². The van der Waals surface area contributed by atoms with Gasteiger partial charge in [-0.15, -0.1) is 0 Å². The first-order chi connectivity index (χ1) is 11.1. The molecule has 2 heterocycles. The van der Waals surface area contributed by atoms with E-state index >= 15 is 0 Å². The Bertz CT molecular complexity index is 693. The molecule has 1 aromatic carbocycles. The van der Waals surface area contributed by atoms with Crippen molar-refractivity contribution in [1.82, 2.24) is 5.32 Å². The third-order valence-electron chi connectivity index (χ3n) is 4.11. The van der Waals surface area contributed by atoms with Gasteiger partial charge in [-0.25, -0.2) is 0 Å². The molecule has 0 bridgehead atoms. The van der Waals surface area contributed by atoms with Crippen LogP contribution in [0.5, 0.6) is 0 Å². The van der Waals surface area contributed by atoms with E-state index in [1.165, 1.54) is 12.5 Å². The zero-order valence-corrected chi connectivity index (χ0v) is 12.8. The SMILES string of the molecule is CC(C(=O)Nc1cccc(NC(=O)c2ccoc2)c1)C1CNC1. The maximum absolute atomic E-state index is 12.2. The lowest BCUT2D eigenvalue weighted by molar-refractivity contribution is -0.121. The highest BCUT2D eigenvalue weighted by molar-refractivity contribution is 6.04. The highest BCUT2D eigenvalue weighted by Gasteiger charge is 2.28. The van der Waals surface area contributed by atoms with Gasteiger partial charge in [0.25, 0.3) is 5.91 Å². The van der Waals surface area contributed by atoms with Crippen LogP contribution in [0.4, 0.5) is 11.4 Å². The summed E-state index contributed by atoms with van der Waals surface area (Å²) in [5.74, 6) is 0.0883. The van der Waals surface area contributed by atoms with Crippen LogP contribution in [-0.4, -0.2) is 24.9 Å². The number of benzene rings is 1. The predicted molar refractivity (Wildman–Crippen MR) is 87.3 cm³/mol. The van der Waals surface area contributed by atoms with E-state index in [9.17, 15) is 9.59 Å². The van der Waals surface area contributed by atoms with Gasteiger partial charge in [-0.1, -0.05) is 13.0 Å². The van der Waals surface area contributed by atoms with Crippen molar-refractivity contribution in [3.05, 3.63) is 48.4 Å². The number of hydrogen-bond donors (Lipinski definition) is 3. The second kappa shape index (κ2) is 6.66. The van der Waals surface area contributed by atoms with Crippen molar-refractivity contribution in [3.63, 3.8) is 0 Å². The molecule has 1 aliphatic heterocycles. The zero-order valence-electron chi connectivity index (χ0n) is 12.8. The molecule has 1 aliphatic rings. The Labute approximate surface area is 134 Å². The summed E-state index contributed by atoms with van der Waals surface area (Å²) < 4.78 is 4.89. The fraction of sp³-hybridized carbons (Fsp3) is 0.294. The van der Waals surface area contributed by atoms with Gasteiger partial charge in [-0.3, -0.25) is 9.59 Å². The molecular weight excluding hydrogens is 294 g/mol. The number of hydrogen-bond acceptors (Lipinski definition) is 4. The lowest BCUT2D eigenvalue weighted by Crippen LogP contribution is -2.48. The summed E-state index contributed by atoms with van der Waals surface area (Å²) in [6, 6.07) is 8.69. The lowest BCUT2D eigenvalue weighted by atomic mass is 9.88. The molecule has 1 aromatic heterocycles. The molecule has 2 aromatic rings. The summed E-state index contributed by atoms with van der Waals surface area (Å²) in [6.07, 6.45) is 2.83. The molecular formula is C17H19N3O3. The number of furan rings is 1. The van der Waals surface area contributed by atoms with Crippen LogP contribution in [0.3, 0.4) is 0 Å². The molecule has 2 amide bonds. The van der Waals surface area contributed by atoms with E-state index in [4.69, 9.17) is 4.42 Å². The number of anilines is 2. The topological polar surface area (TPSA) is 83.4 Å². The van der Waals surface area contributed by atoms with Crippen LogP contribution in [0.25, 0.3) is 0 Å². The average molecular weight is 313 g/mol. The maximum atomic E-state index is 12.2. The normalized spacial score (nSPS) is 15.5. The van der Waals surface area contributed by atoms with E-state index in [-0.39, 0.29) is 17.7 Å². The van der Waals surface area contributed by atoms with Crippen molar-refractivity contribution in [2.24, 2.45) is 11.8 Å². The second-order valence-corrected chi connectivity index (χ2v) is 5.74. The summed E-state index contributed by atoms with van der Waals surface area (Å²) in [5.41, 5.74) is 1.73. The molecule has 1 unspecified atom stereocenters. The fourth-order valence-corrected chi connectivity index (χ4v) is 2.41. The van der Waals surface area contributed by atoms with Crippen molar-refractivity contribution < 1.29 is 14.0 Å². The number of rotatable bonds is 5. The first kappa shape index (κ1) is 15.3. The van der Waals surface area contributed by atoms with E-state index in [0.29, 0.717) is 22.9 Å². The molecule has 0 saturated carbocycles. The summed E-state index contributed by atoms with van der Waals surface area (Å²) in [4.78, 5) is 24.2. The van der Waals surface area contributed by atoms with E-state index in [0.717, 1.165) is 13.1 Å².